The molecule has 2 N–H and O–H groups in total. The molecule has 0 radical (unpaired) electrons. The number of aromatic carboxylic acids is 2. The average Bonchev–Trinajstić information content (AvgIpc) is 2.81. The van der Waals surface area contributed by atoms with Gasteiger partial charge in [-0.15, -0.1) is 0 Å². The van der Waals surface area contributed by atoms with Gasteiger partial charge in [0.15, 0.2) is 0 Å². The highest BCUT2D eigenvalue weighted by molar-refractivity contribution is 5.95. The van der Waals surface area contributed by atoms with Gasteiger partial charge in [-0.3, -0.25) is 0 Å². The molecule has 0 aliphatic rings. The van der Waals surface area contributed by atoms with Gasteiger partial charge in [-0.1, -0.05) is 0 Å². The van der Waals surface area contributed by atoms with Crippen molar-refractivity contribution < 1.29 is 24.2 Å². The summed E-state index contributed by atoms with van der Waals surface area (Å²) in [6, 6.07) is 3.69. The Balaban J connectivity index is 2.60. The first-order chi connectivity index (χ1) is 8.08. The molecular formula is C11H7NO5. The van der Waals surface area contributed by atoms with Gasteiger partial charge < -0.3 is 14.6 Å². The zero-order chi connectivity index (χ0) is 12.4. The first-order valence-electron chi connectivity index (χ1n) is 4.59. The molecule has 1 aromatic carbocycles. The molecule has 1 heterocycles. The van der Waals surface area contributed by atoms with Crippen molar-refractivity contribution >= 4 is 11.9 Å². The Bertz CT molecular complexity index is 541. The molecule has 0 aliphatic carbocycles. The molecular weight excluding hydrogens is 226 g/mol. The summed E-state index contributed by atoms with van der Waals surface area (Å²) in [6.45, 7) is 0. The van der Waals surface area contributed by atoms with Gasteiger partial charge in [0.1, 0.15) is 6.26 Å². The Hall–Kier alpha value is -2.63. The van der Waals surface area contributed by atoms with Crippen molar-refractivity contribution in [3.05, 3.63) is 41.8 Å². The third-order valence-electron chi connectivity index (χ3n) is 2.11. The van der Waals surface area contributed by atoms with Crippen LogP contribution >= 0.6 is 0 Å². The fourth-order valence-electron chi connectivity index (χ4n) is 1.36. The first-order valence-corrected chi connectivity index (χ1v) is 4.59. The van der Waals surface area contributed by atoms with Crippen LogP contribution in [0, 0.1) is 0 Å². The van der Waals surface area contributed by atoms with Crippen molar-refractivity contribution in [2.45, 2.75) is 0 Å². The molecule has 0 bridgehead atoms. The average molecular weight is 233 g/mol. The number of hydrogen-bond acceptors (Lipinski definition) is 4. The number of hydrogen-bond donors (Lipinski definition) is 2. The molecule has 6 nitrogen and oxygen atoms in total. The third kappa shape index (κ3) is 2.15. The van der Waals surface area contributed by atoms with E-state index in [1.54, 1.807) is 0 Å². The standard InChI is InChI=1S/C11H7NO5/c13-10(14)7-3-6(9-12-1-2-17-9)4-8(5-7)11(15)16/h1-5H,(H,13,14)(H,15,16). The molecule has 0 fully saturated rings. The third-order valence-corrected chi connectivity index (χ3v) is 2.11. The molecule has 0 spiro atoms. The predicted octanol–water partition coefficient (Wildman–Crippen LogP) is 1.74. The zero-order valence-corrected chi connectivity index (χ0v) is 8.45. The number of nitrogens with zero attached hydrogens (tertiary/aromatic N) is 1. The van der Waals surface area contributed by atoms with Crippen LogP contribution in [0.3, 0.4) is 0 Å². The van der Waals surface area contributed by atoms with Gasteiger partial charge in [0, 0.05) is 5.56 Å². The molecule has 0 saturated heterocycles. The van der Waals surface area contributed by atoms with Crippen LogP contribution in [-0.4, -0.2) is 27.1 Å². The second-order valence-electron chi connectivity index (χ2n) is 3.25. The number of carbonyl (C=O) groups is 2. The fourth-order valence-corrected chi connectivity index (χ4v) is 1.36. The Morgan fingerprint density at radius 3 is 2.06 bits per heavy atom. The van der Waals surface area contributed by atoms with Crippen molar-refractivity contribution in [2.24, 2.45) is 0 Å². The minimum atomic E-state index is -1.21. The van der Waals surface area contributed by atoms with E-state index >= 15 is 0 Å². The lowest BCUT2D eigenvalue weighted by Crippen LogP contribution is -2.03. The Morgan fingerprint density at radius 1 is 1.06 bits per heavy atom. The minimum absolute atomic E-state index is 0.127. The van der Waals surface area contributed by atoms with Gasteiger partial charge in [0.05, 0.1) is 17.3 Å². The molecule has 6 heteroatoms. The van der Waals surface area contributed by atoms with Gasteiger partial charge in [0.25, 0.3) is 0 Å². The Labute approximate surface area is 95.1 Å². The van der Waals surface area contributed by atoms with Crippen molar-refractivity contribution in [3.63, 3.8) is 0 Å². The maximum Gasteiger partial charge on any atom is 0.335 e. The van der Waals surface area contributed by atoms with Gasteiger partial charge in [0.2, 0.25) is 5.89 Å². The van der Waals surface area contributed by atoms with Crippen LogP contribution in [0.5, 0.6) is 0 Å². The summed E-state index contributed by atoms with van der Waals surface area (Å²) in [5.41, 5.74) is 0.0588. The van der Waals surface area contributed by atoms with Crippen molar-refractivity contribution in [2.75, 3.05) is 0 Å². The lowest BCUT2D eigenvalue weighted by atomic mass is 10.1. The lowest BCUT2D eigenvalue weighted by molar-refractivity contribution is 0.0696. The smallest absolute Gasteiger partial charge is 0.335 e. The molecule has 0 amide bonds. The van der Waals surface area contributed by atoms with E-state index in [1.165, 1.54) is 24.6 Å². The second-order valence-corrected chi connectivity index (χ2v) is 3.25. The fraction of sp³-hybridized carbons (Fsp3) is 0. The summed E-state index contributed by atoms with van der Waals surface area (Å²) in [5, 5.41) is 17.7. The van der Waals surface area contributed by atoms with Crippen LogP contribution in [0.2, 0.25) is 0 Å². The van der Waals surface area contributed by atoms with E-state index in [0.717, 1.165) is 6.07 Å². The summed E-state index contributed by atoms with van der Waals surface area (Å²) in [6.07, 6.45) is 2.71. The highest BCUT2D eigenvalue weighted by atomic mass is 16.4. The van der Waals surface area contributed by atoms with E-state index in [2.05, 4.69) is 4.98 Å². The van der Waals surface area contributed by atoms with E-state index in [-0.39, 0.29) is 17.0 Å². The van der Waals surface area contributed by atoms with E-state index < -0.39 is 11.9 Å². The van der Waals surface area contributed by atoms with Gasteiger partial charge in [-0.2, -0.15) is 0 Å². The lowest BCUT2D eigenvalue weighted by Gasteiger charge is -2.01. The van der Waals surface area contributed by atoms with Gasteiger partial charge in [-0.05, 0) is 18.2 Å². The van der Waals surface area contributed by atoms with Crippen molar-refractivity contribution in [1.82, 2.24) is 4.98 Å². The van der Waals surface area contributed by atoms with Gasteiger partial charge >= 0.3 is 11.9 Å². The van der Waals surface area contributed by atoms with Crippen LogP contribution in [0.4, 0.5) is 0 Å². The monoisotopic (exact) mass is 233 g/mol. The quantitative estimate of drug-likeness (QED) is 0.837. The molecule has 0 aliphatic heterocycles. The Morgan fingerprint density at radius 2 is 1.65 bits per heavy atom. The molecule has 0 unspecified atom stereocenters. The van der Waals surface area contributed by atoms with Crippen molar-refractivity contribution in [3.8, 4) is 11.5 Å². The molecule has 2 aromatic rings. The SMILES string of the molecule is O=C(O)c1cc(C(=O)O)cc(-c2ncco2)c1. The summed E-state index contributed by atoms with van der Waals surface area (Å²) >= 11 is 0. The molecule has 0 atom stereocenters. The maximum absolute atomic E-state index is 10.9. The molecule has 1 aromatic heterocycles. The topological polar surface area (TPSA) is 101 Å². The summed E-state index contributed by atoms with van der Waals surface area (Å²) in [7, 11) is 0. The van der Waals surface area contributed by atoms with E-state index in [4.69, 9.17) is 14.6 Å². The van der Waals surface area contributed by atoms with Crippen LogP contribution in [0.15, 0.2) is 35.1 Å². The predicted molar refractivity (Wildman–Crippen MR) is 55.9 cm³/mol. The molecule has 86 valence electrons. The minimum Gasteiger partial charge on any atom is -0.478 e. The zero-order valence-electron chi connectivity index (χ0n) is 8.45. The highest BCUT2D eigenvalue weighted by Crippen LogP contribution is 2.21. The maximum atomic E-state index is 10.9. The summed E-state index contributed by atoms with van der Waals surface area (Å²) in [4.78, 5) is 25.5. The normalized spacial score (nSPS) is 10.1. The highest BCUT2D eigenvalue weighted by Gasteiger charge is 2.14. The van der Waals surface area contributed by atoms with E-state index in [1.807, 2.05) is 0 Å². The second kappa shape index (κ2) is 4.09. The number of benzene rings is 1. The van der Waals surface area contributed by atoms with Crippen LogP contribution in [0.25, 0.3) is 11.5 Å². The number of carboxylic acids is 2. The van der Waals surface area contributed by atoms with Crippen LogP contribution in [-0.2, 0) is 0 Å². The largest absolute Gasteiger partial charge is 0.478 e. The van der Waals surface area contributed by atoms with Crippen LogP contribution < -0.4 is 0 Å². The van der Waals surface area contributed by atoms with E-state index in [0.29, 0.717) is 5.56 Å². The summed E-state index contributed by atoms with van der Waals surface area (Å²) < 4.78 is 4.99. The number of rotatable bonds is 3. The number of oxazole rings is 1. The van der Waals surface area contributed by atoms with E-state index in [9.17, 15) is 9.59 Å². The summed E-state index contributed by atoms with van der Waals surface area (Å²) in [5.74, 6) is -2.24. The van der Waals surface area contributed by atoms with Crippen LogP contribution in [0.1, 0.15) is 20.7 Å². The number of aromatic nitrogens is 1. The first kappa shape index (κ1) is 10.9. The molecule has 0 saturated carbocycles. The molecule has 17 heavy (non-hydrogen) atoms. The van der Waals surface area contributed by atoms with Gasteiger partial charge in [-0.25, -0.2) is 14.6 Å². The Kier molecular flexibility index (Phi) is 2.61. The number of carboxylic acid groups (broad SMARTS) is 2. The van der Waals surface area contributed by atoms with Crippen molar-refractivity contribution in [1.29, 1.82) is 0 Å². The molecule has 2 rings (SSSR count).